The zero-order chi connectivity index (χ0) is 15.5. The lowest BCUT2D eigenvalue weighted by Crippen LogP contribution is -2.37. The van der Waals surface area contributed by atoms with Crippen LogP contribution in [0.5, 0.6) is 0 Å². The molecule has 4 heteroatoms. The van der Waals surface area contributed by atoms with Crippen molar-refractivity contribution in [2.75, 3.05) is 13.2 Å². The third-order valence-electron chi connectivity index (χ3n) is 3.95. The van der Waals surface area contributed by atoms with E-state index in [0.717, 1.165) is 5.56 Å². The maximum absolute atomic E-state index is 12.2. The second-order valence-corrected chi connectivity index (χ2v) is 6.79. The van der Waals surface area contributed by atoms with Gasteiger partial charge in [0.2, 0.25) is 0 Å². The summed E-state index contributed by atoms with van der Waals surface area (Å²) in [5.74, 6) is -0.210. The Bertz CT molecular complexity index is 481. The number of nitrogens with one attached hydrogen (secondary N) is 1. The van der Waals surface area contributed by atoms with Crippen LogP contribution in [0.2, 0.25) is 0 Å². The molecule has 21 heavy (non-hydrogen) atoms. The predicted octanol–water partition coefficient (Wildman–Crippen LogP) is 2.01. The summed E-state index contributed by atoms with van der Waals surface area (Å²) in [7, 11) is 0. The molecule has 0 amide bonds. The van der Waals surface area contributed by atoms with E-state index >= 15 is 0 Å². The first kappa shape index (κ1) is 16.0. The number of aliphatic hydroxyl groups is 1. The van der Waals surface area contributed by atoms with E-state index in [9.17, 15) is 9.90 Å². The van der Waals surface area contributed by atoms with Gasteiger partial charge >= 0.3 is 5.97 Å². The number of hydrogen-bond acceptors (Lipinski definition) is 4. The molecular formula is C17H25NO3. The van der Waals surface area contributed by atoms with Crippen LogP contribution in [0.25, 0.3) is 0 Å². The Morgan fingerprint density at radius 1 is 1.38 bits per heavy atom. The summed E-state index contributed by atoms with van der Waals surface area (Å²) >= 11 is 0. The quantitative estimate of drug-likeness (QED) is 0.833. The van der Waals surface area contributed by atoms with Gasteiger partial charge in [-0.2, -0.15) is 0 Å². The zero-order valence-electron chi connectivity index (χ0n) is 13.1. The number of aliphatic hydroxyl groups excluding tert-OH is 1. The Kier molecular flexibility index (Phi) is 4.69. The van der Waals surface area contributed by atoms with Crippen LogP contribution in [0.15, 0.2) is 30.3 Å². The SMILES string of the molecule is CC(C)(C)OC(=O)C1CC(CCO)(c2ccccc2)CN1. The van der Waals surface area contributed by atoms with Crippen molar-refractivity contribution in [1.82, 2.24) is 5.32 Å². The molecule has 0 radical (unpaired) electrons. The molecule has 2 N–H and O–H groups in total. The van der Waals surface area contributed by atoms with Gasteiger partial charge in [-0.15, -0.1) is 0 Å². The first-order chi connectivity index (χ1) is 9.86. The number of carbonyl (C=O) groups is 1. The summed E-state index contributed by atoms with van der Waals surface area (Å²) in [5.41, 5.74) is 0.489. The van der Waals surface area contributed by atoms with Gasteiger partial charge in [0.1, 0.15) is 11.6 Å². The van der Waals surface area contributed by atoms with Gasteiger partial charge in [-0.25, -0.2) is 0 Å². The highest BCUT2D eigenvalue weighted by Crippen LogP contribution is 2.37. The van der Waals surface area contributed by atoms with E-state index < -0.39 is 5.60 Å². The van der Waals surface area contributed by atoms with Crippen molar-refractivity contribution in [3.63, 3.8) is 0 Å². The molecule has 4 nitrogen and oxygen atoms in total. The van der Waals surface area contributed by atoms with Crippen LogP contribution in [0, 0.1) is 0 Å². The largest absolute Gasteiger partial charge is 0.459 e. The number of benzene rings is 1. The third kappa shape index (κ3) is 3.83. The van der Waals surface area contributed by atoms with Gasteiger partial charge in [0.25, 0.3) is 0 Å². The maximum Gasteiger partial charge on any atom is 0.323 e. The first-order valence-corrected chi connectivity index (χ1v) is 7.49. The topological polar surface area (TPSA) is 58.6 Å². The lowest BCUT2D eigenvalue weighted by Gasteiger charge is -2.28. The Morgan fingerprint density at radius 3 is 2.62 bits per heavy atom. The second-order valence-electron chi connectivity index (χ2n) is 6.79. The fourth-order valence-electron chi connectivity index (χ4n) is 2.95. The molecule has 0 spiro atoms. The first-order valence-electron chi connectivity index (χ1n) is 7.49. The molecule has 1 saturated heterocycles. The zero-order valence-corrected chi connectivity index (χ0v) is 13.1. The minimum absolute atomic E-state index is 0.109. The monoisotopic (exact) mass is 291 g/mol. The fourth-order valence-corrected chi connectivity index (χ4v) is 2.95. The van der Waals surface area contributed by atoms with Gasteiger partial charge in [-0.1, -0.05) is 30.3 Å². The van der Waals surface area contributed by atoms with Crippen LogP contribution in [-0.2, 0) is 14.9 Å². The maximum atomic E-state index is 12.2. The van der Waals surface area contributed by atoms with Crippen LogP contribution in [0.1, 0.15) is 39.2 Å². The average Bonchev–Trinajstić information content (AvgIpc) is 2.84. The molecule has 1 aromatic rings. The van der Waals surface area contributed by atoms with Gasteiger partial charge in [-0.05, 0) is 39.2 Å². The van der Waals surface area contributed by atoms with Crippen molar-refractivity contribution in [2.24, 2.45) is 0 Å². The minimum Gasteiger partial charge on any atom is -0.459 e. The summed E-state index contributed by atoms with van der Waals surface area (Å²) in [6.45, 7) is 6.41. The van der Waals surface area contributed by atoms with E-state index in [0.29, 0.717) is 19.4 Å². The standard InChI is InChI=1S/C17H25NO3/c1-16(2,3)21-15(20)14-11-17(9-10-19,12-18-14)13-7-5-4-6-8-13/h4-8,14,18-19H,9-12H2,1-3H3. The van der Waals surface area contributed by atoms with Crippen molar-refractivity contribution in [1.29, 1.82) is 0 Å². The lowest BCUT2D eigenvalue weighted by atomic mass is 9.76. The molecule has 1 aromatic carbocycles. The van der Waals surface area contributed by atoms with Crippen LogP contribution < -0.4 is 5.32 Å². The highest BCUT2D eigenvalue weighted by molar-refractivity contribution is 5.77. The summed E-state index contributed by atoms with van der Waals surface area (Å²) < 4.78 is 5.47. The third-order valence-corrected chi connectivity index (χ3v) is 3.95. The smallest absolute Gasteiger partial charge is 0.323 e. The van der Waals surface area contributed by atoms with Crippen LogP contribution in [-0.4, -0.2) is 35.9 Å². The van der Waals surface area contributed by atoms with Gasteiger partial charge in [0, 0.05) is 18.6 Å². The summed E-state index contributed by atoms with van der Waals surface area (Å²) in [6, 6.07) is 9.79. The van der Waals surface area contributed by atoms with E-state index in [1.807, 2.05) is 39.0 Å². The molecule has 1 aliphatic heterocycles. The normalized spacial score (nSPS) is 25.8. The number of carbonyl (C=O) groups excluding carboxylic acids is 1. The highest BCUT2D eigenvalue weighted by atomic mass is 16.6. The number of ether oxygens (including phenoxy) is 1. The fraction of sp³-hybridized carbons (Fsp3) is 0.588. The highest BCUT2D eigenvalue weighted by Gasteiger charge is 2.43. The van der Waals surface area contributed by atoms with Crippen molar-refractivity contribution in [2.45, 2.75) is 50.7 Å². The summed E-state index contributed by atoms with van der Waals surface area (Å²) in [6.07, 6.45) is 1.30. The lowest BCUT2D eigenvalue weighted by molar-refractivity contribution is -0.157. The molecular weight excluding hydrogens is 266 g/mol. The van der Waals surface area contributed by atoms with Gasteiger partial charge < -0.3 is 15.2 Å². The van der Waals surface area contributed by atoms with Crippen LogP contribution >= 0.6 is 0 Å². The van der Waals surface area contributed by atoms with Gasteiger partial charge in [-0.3, -0.25) is 4.79 Å². The van der Waals surface area contributed by atoms with Crippen molar-refractivity contribution >= 4 is 5.97 Å². The Balaban J connectivity index is 2.15. The van der Waals surface area contributed by atoms with Crippen LogP contribution in [0.3, 0.4) is 0 Å². The molecule has 2 unspecified atom stereocenters. The van der Waals surface area contributed by atoms with E-state index in [4.69, 9.17) is 4.74 Å². The van der Waals surface area contributed by atoms with Gasteiger partial charge in [0.15, 0.2) is 0 Å². The van der Waals surface area contributed by atoms with Crippen molar-refractivity contribution < 1.29 is 14.6 Å². The van der Waals surface area contributed by atoms with E-state index in [2.05, 4.69) is 17.4 Å². The second kappa shape index (κ2) is 6.16. The predicted molar refractivity (Wildman–Crippen MR) is 82.1 cm³/mol. The minimum atomic E-state index is -0.478. The molecule has 0 aliphatic carbocycles. The molecule has 0 aromatic heterocycles. The molecule has 116 valence electrons. The van der Waals surface area contributed by atoms with E-state index in [1.165, 1.54) is 0 Å². The van der Waals surface area contributed by atoms with Crippen molar-refractivity contribution in [3.8, 4) is 0 Å². The summed E-state index contributed by atoms with van der Waals surface area (Å²) in [4.78, 5) is 12.2. The molecule has 2 atom stereocenters. The number of rotatable bonds is 4. The molecule has 1 heterocycles. The van der Waals surface area contributed by atoms with Gasteiger partial charge in [0.05, 0.1) is 0 Å². The molecule has 0 saturated carbocycles. The van der Waals surface area contributed by atoms with E-state index in [-0.39, 0.29) is 24.0 Å². The number of hydrogen-bond donors (Lipinski definition) is 2. The Labute approximate surface area is 126 Å². The van der Waals surface area contributed by atoms with Crippen LogP contribution in [0.4, 0.5) is 0 Å². The number of esters is 1. The Hall–Kier alpha value is -1.39. The molecule has 2 rings (SSSR count). The average molecular weight is 291 g/mol. The summed E-state index contributed by atoms with van der Waals surface area (Å²) in [5, 5.41) is 12.7. The Morgan fingerprint density at radius 2 is 2.05 bits per heavy atom. The van der Waals surface area contributed by atoms with E-state index in [1.54, 1.807) is 0 Å². The van der Waals surface area contributed by atoms with Crippen molar-refractivity contribution in [3.05, 3.63) is 35.9 Å². The molecule has 1 aliphatic rings. The molecule has 0 bridgehead atoms. The molecule has 1 fully saturated rings.